The largest absolute Gasteiger partial charge is 0.507 e. The van der Waals surface area contributed by atoms with Gasteiger partial charge in [-0.05, 0) is 23.6 Å². The summed E-state index contributed by atoms with van der Waals surface area (Å²) in [5, 5.41) is 13.6. The molecule has 1 heterocycles. The van der Waals surface area contributed by atoms with Crippen molar-refractivity contribution in [2.45, 2.75) is 0 Å². The van der Waals surface area contributed by atoms with Crippen LogP contribution in [-0.4, -0.2) is 5.11 Å². The van der Waals surface area contributed by atoms with Gasteiger partial charge in [0.15, 0.2) is 0 Å². The molecule has 0 bridgehead atoms. The van der Waals surface area contributed by atoms with E-state index in [0.29, 0.717) is 0 Å². The van der Waals surface area contributed by atoms with E-state index >= 15 is 0 Å². The maximum atomic E-state index is 9.96. The molecule has 0 saturated heterocycles. The van der Waals surface area contributed by atoms with Crippen molar-refractivity contribution in [2.75, 3.05) is 0 Å². The van der Waals surface area contributed by atoms with E-state index in [-0.39, 0.29) is 5.75 Å². The molecule has 80 valence electrons. The Bertz CT molecular complexity index is 914. The number of rotatable bonds is 0. The Hall–Kier alpha value is -2.42. The molecule has 3 heteroatoms. The van der Waals surface area contributed by atoms with Gasteiger partial charge in [-0.2, -0.15) is 0 Å². The fraction of sp³-hybridized carbons (Fsp3) is 0. The lowest BCUT2D eigenvalue weighted by Gasteiger charge is -2.10. The van der Waals surface area contributed by atoms with Crippen LogP contribution >= 0.6 is 0 Å². The summed E-state index contributed by atoms with van der Waals surface area (Å²) in [6.45, 7) is 0. The van der Waals surface area contributed by atoms with E-state index in [1.165, 1.54) is 4.36 Å². The van der Waals surface area contributed by atoms with E-state index in [4.69, 9.17) is 0 Å². The maximum absolute atomic E-state index is 9.96. The molecule has 4 aromatic rings. The van der Waals surface area contributed by atoms with Crippen molar-refractivity contribution < 1.29 is 9.47 Å². The molecule has 1 N–H and O–H groups in total. The summed E-state index contributed by atoms with van der Waals surface area (Å²) in [6.07, 6.45) is 0. The van der Waals surface area contributed by atoms with Gasteiger partial charge in [-0.25, -0.2) is 4.36 Å². The van der Waals surface area contributed by atoms with Crippen molar-refractivity contribution in [2.24, 2.45) is 0 Å². The Balaban J connectivity index is 2.44. The van der Waals surface area contributed by atoms with Crippen molar-refractivity contribution >= 4 is 32.6 Å². The third-order valence-electron chi connectivity index (χ3n) is 3.39. The highest BCUT2D eigenvalue weighted by Crippen LogP contribution is 2.35. The third-order valence-corrected chi connectivity index (χ3v) is 3.39. The van der Waals surface area contributed by atoms with Crippen LogP contribution in [0, 0.1) is 0 Å². The normalized spacial score (nSPS) is 12.0. The number of hydrogen-bond acceptors (Lipinski definition) is 1. The van der Waals surface area contributed by atoms with E-state index < -0.39 is 0 Å². The van der Waals surface area contributed by atoms with Gasteiger partial charge in [-0.3, -0.25) is 0 Å². The molecule has 0 fully saturated rings. The summed E-state index contributed by atoms with van der Waals surface area (Å²) in [5.74, 6) is 0.242. The van der Waals surface area contributed by atoms with Crippen LogP contribution in [-0.2, 0) is 0 Å². The molecule has 0 atom stereocenters. The monoisotopic (exact) mass is 220 g/mol. The fourth-order valence-corrected chi connectivity index (χ4v) is 2.60. The zero-order chi connectivity index (χ0) is 11.6. The molecule has 0 unspecified atom stereocenters. The summed E-state index contributed by atoms with van der Waals surface area (Å²) in [7, 11) is 0. The first kappa shape index (κ1) is 8.70. The van der Waals surface area contributed by atoms with E-state index in [9.17, 15) is 10.6 Å². The summed E-state index contributed by atoms with van der Waals surface area (Å²) in [5.41, 5.74) is 11.6. The molecular weight excluding hydrogens is 212 g/mol. The molecule has 0 spiro atoms. The van der Waals surface area contributed by atoms with Crippen molar-refractivity contribution in [3.8, 4) is 5.75 Å². The first-order chi connectivity index (χ1) is 8.27. The second-order valence-corrected chi connectivity index (χ2v) is 4.28. The van der Waals surface area contributed by atoms with Crippen molar-refractivity contribution in [1.29, 1.82) is 0 Å². The van der Waals surface area contributed by atoms with Gasteiger partial charge in [0, 0.05) is 11.5 Å². The zero-order valence-electron chi connectivity index (χ0n) is 8.88. The van der Waals surface area contributed by atoms with Crippen LogP contribution in [0.1, 0.15) is 0 Å². The average molecular weight is 220 g/mol. The van der Waals surface area contributed by atoms with Crippen LogP contribution in [0.25, 0.3) is 38.1 Å². The lowest BCUT2D eigenvalue weighted by Crippen LogP contribution is -2.21. The molecule has 0 aliphatic heterocycles. The first-order valence-electron chi connectivity index (χ1n) is 5.44. The van der Waals surface area contributed by atoms with Crippen LogP contribution in [0.15, 0.2) is 42.5 Å². The van der Waals surface area contributed by atoms with Crippen molar-refractivity contribution in [1.82, 2.24) is 0 Å². The molecule has 0 saturated carbocycles. The molecule has 17 heavy (non-hydrogen) atoms. The molecule has 0 radical (unpaired) electrons. The lowest BCUT2D eigenvalue weighted by molar-refractivity contribution is -0.439. The highest BCUT2D eigenvalue weighted by atomic mass is 16.3. The summed E-state index contributed by atoms with van der Waals surface area (Å²) in [4.78, 5) is 0. The van der Waals surface area contributed by atoms with E-state index in [1.54, 1.807) is 12.1 Å². The van der Waals surface area contributed by atoms with Gasteiger partial charge < -0.3 is 10.6 Å². The maximum Gasteiger partial charge on any atom is 0.222 e. The van der Waals surface area contributed by atoms with Gasteiger partial charge in [-0.1, -0.05) is 18.2 Å². The van der Waals surface area contributed by atoms with Crippen LogP contribution in [0.2, 0.25) is 0 Å². The number of phenols is 1. The number of hydrogen-bond donors (Lipinski definition) is 1. The lowest BCUT2D eigenvalue weighted by atomic mass is 9.98. The quantitative estimate of drug-likeness (QED) is 0.359. The Labute approximate surface area is 96.4 Å². The van der Waals surface area contributed by atoms with Crippen LogP contribution < -0.4 is 4.36 Å². The second kappa shape index (κ2) is 2.63. The first-order valence-corrected chi connectivity index (χ1v) is 5.44. The minimum Gasteiger partial charge on any atom is -0.507 e. The third kappa shape index (κ3) is 0.877. The van der Waals surface area contributed by atoms with E-state index in [1.807, 2.05) is 30.3 Å². The van der Waals surface area contributed by atoms with Gasteiger partial charge in [0.1, 0.15) is 11.1 Å². The average Bonchev–Trinajstić information content (AvgIpc) is 2.35. The number of aromatic hydroxyl groups is 1. The topological polar surface area (TPSA) is 48.4 Å². The number of fused-ring (bicyclic) bond motifs is 2. The van der Waals surface area contributed by atoms with Gasteiger partial charge in [-0.15, -0.1) is 0 Å². The van der Waals surface area contributed by atoms with E-state index in [2.05, 4.69) is 0 Å². The van der Waals surface area contributed by atoms with Crippen LogP contribution in [0.3, 0.4) is 0 Å². The number of nitrogens with zero attached hydrogens (tertiary/aromatic N) is 2. The summed E-state index contributed by atoms with van der Waals surface area (Å²) >= 11 is 0. The molecule has 3 aromatic carbocycles. The Morgan fingerprint density at radius 1 is 1.00 bits per heavy atom. The van der Waals surface area contributed by atoms with E-state index in [0.717, 1.165) is 32.6 Å². The van der Waals surface area contributed by atoms with Crippen LogP contribution in [0.4, 0.5) is 0 Å². The summed E-state index contributed by atoms with van der Waals surface area (Å²) in [6, 6.07) is 13.1. The predicted molar refractivity (Wildman–Crippen MR) is 66.4 cm³/mol. The molecule has 0 aliphatic carbocycles. The van der Waals surface area contributed by atoms with Gasteiger partial charge >= 0.3 is 0 Å². The molecule has 0 amide bonds. The smallest absolute Gasteiger partial charge is 0.222 e. The Morgan fingerprint density at radius 3 is 2.71 bits per heavy atom. The molecule has 3 nitrogen and oxygen atoms in total. The molecule has 0 aliphatic rings. The molecule has 4 rings (SSSR count). The highest BCUT2D eigenvalue weighted by Gasteiger charge is 2.21. The van der Waals surface area contributed by atoms with Crippen molar-refractivity contribution in [3.05, 3.63) is 48.0 Å². The standard InChI is InChI=1S/C14H8N2O/c15-16-11-5-1-3-8-7-10-9(14(16)13(8)11)4-2-6-12(10)17/h1-7,17H. The number of phenolic OH excluding ortho intramolecular Hbond substituents is 1. The fourth-order valence-electron chi connectivity index (χ4n) is 2.60. The second-order valence-electron chi connectivity index (χ2n) is 4.28. The number of aromatic nitrogens is 1. The molecular formula is C14H8N2O. The van der Waals surface area contributed by atoms with Gasteiger partial charge in [0.2, 0.25) is 11.0 Å². The minimum absolute atomic E-state index is 0.242. The van der Waals surface area contributed by atoms with Crippen molar-refractivity contribution in [3.63, 3.8) is 0 Å². The minimum atomic E-state index is 0.242. The highest BCUT2D eigenvalue weighted by molar-refractivity contribution is 6.20. The molecule has 1 aromatic heterocycles. The Kier molecular flexibility index (Phi) is 1.35. The SMILES string of the molecule is [N-]=[n+]1c2cccc3cc4c(O)cccc4c1c32. The number of benzene rings is 3. The van der Waals surface area contributed by atoms with Gasteiger partial charge in [0.25, 0.3) is 0 Å². The summed E-state index contributed by atoms with van der Waals surface area (Å²) < 4.78 is 1.18. The van der Waals surface area contributed by atoms with Gasteiger partial charge in [0.05, 0.1) is 5.39 Å². The van der Waals surface area contributed by atoms with Crippen LogP contribution in [0.5, 0.6) is 5.75 Å². The predicted octanol–water partition coefficient (Wildman–Crippen LogP) is 2.90. The zero-order valence-corrected chi connectivity index (χ0v) is 8.88. The Morgan fingerprint density at radius 2 is 1.82 bits per heavy atom.